The monoisotopic (exact) mass is 300 g/mol. The highest BCUT2D eigenvalue weighted by molar-refractivity contribution is 6.08. The van der Waals surface area contributed by atoms with E-state index in [4.69, 9.17) is 0 Å². The largest absolute Gasteiger partial charge is 0.322 e. The maximum Gasteiger partial charge on any atom is 0.257 e. The fourth-order valence-corrected chi connectivity index (χ4v) is 2.18. The lowest BCUT2D eigenvalue weighted by Crippen LogP contribution is -2.11. The predicted octanol–water partition coefficient (Wildman–Crippen LogP) is 4.69. The maximum absolute atomic E-state index is 12.5. The Kier molecular flexibility index (Phi) is 4.60. The number of hydrogen-bond acceptors (Lipinski definition) is 2. The van der Waals surface area contributed by atoms with E-state index in [0.717, 1.165) is 11.3 Å². The number of amides is 1. The van der Waals surface area contributed by atoms with E-state index >= 15 is 0 Å². The van der Waals surface area contributed by atoms with Gasteiger partial charge in [-0.3, -0.25) is 9.79 Å². The van der Waals surface area contributed by atoms with Crippen molar-refractivity contribution >= 4 is 23.5 Å². The molecule has 0 radical (unpaired) electrons. The van der Waals surface area contributed by atoms with Gasteiger partial charge in [0.1, 0.15) is 0 Å². The molecule has 0 saturated carbocycles. The van der Waals surface area contributed by atoms with Gasteiger partial charge in [-0.15, -0.1) is 0 Å². The summed E-state index contributed by atoms with van der Waals surface area (Å²) in [4.78, 5) is 16.9. The van der Waals surface area contributed by atoms with Crippen molar-refractivity contribution < 1.29 is 4.79 Å². The molecule has 0 bridgehead atoms. The second kappa shape index (κ2) is 7.18. The summed E-state index contributed by atoms with van der Waals surface area (Å²) in [6.45, 7) is 0. The molecule has 3 aromatic carbocycles. The summed E-state index contributed by atoms with van der Waals surface area (Å²) in [6.07, 6.45) is 1.76. The fourth-order valence-electron chi connectivity index (χ4n) is 2.18. The first-order valence-electron chi connectivity index (χ1n) is 7.37. The van der Waals surface area contributed by atoms with Gasteiger partial charge in [0.15, 0.2) is 0 Å². The Morgan fingerprint density at radius 2 is 1.39 bits per heavy atom. The zero-order valence-electron chi connectivity index (χ0n) is 12.5. The molecular weight excluding hydrogens is 284 g/mol. The van der Waals surface area contributed by atoms with Crippen LogP contribution in [0, 0.1) is 0 Å². The standard InChI is InChI=1S/C20H16N2O/c23-20(22-17-11-5-2-6-12-17)18-13-7-8-14-19(18)21-15-16-9-3-1-4-10-16/h1-15H,(H,22,23). The van der Waals surface area contributed by atoms with Crippen molar-refractivity contribution in [2.75, 3.05) is 5.32 Å². The number of anilines is 1. The molecule has 0 aromatic heterocycles. The van der Waals surface area contributed by atoms with Gasteiger partial charge < -0.3 is 5.32 Å². The number of carbonyl (C=O) groups is 1. The summed E-state index contributed by atoms with van der Waals surface area (Å²) in [5.41, 5.74) is 2.94. The Bertz CT molecular complexity index is 811. The number of aliphatic imine (C=N–C) groups is 1. The zero-order chi connectivity index (χ0) is 15.9. The minimum Gasteiger partial charge on any atom is -0.322 e. The van der Waals surface area contributed by atoms with Crippen LogP contribution in [0.15, 0.2) is 89.9 Å². The molecule has 3 heteroatoms. The quantitative estimate of drug-likeness (QED) is 0.698. The molecule has 0 aliphatic heterocycles. The van der Waals surface area contributed by atoms with E-state index in [2.05, 4.69) is 10.3 Å². The average Bonchev–Trinajstić information content (AvgIpc) is 2.62. The van der Waals surface area contributed by atoms with Gasteiger partial charge in [0.25, 0.3) is 5.91 Å². The molecule has 0 spiro atoms. The zero-order valence-corrected chi connectivity index (χ0v) is 12.5. The summed E-state index contributed by atoms with van der Waals surface area (Å²) in [5.74, 6) is -0.169. The van der Waals surface area contributed by atoms with Crippen LogP contribution in [0.3, 0.4) is 0 Å². The number of para-hydroxylation sites is 2. The third kappa shape index (κ3) is 3.92. The van der Waals surface area contributed by atoms with E-state index in [-0.39, 0.29) is 5.91 Å². The highest BCUT2D eigenvalue weighted by atomic mass is 16.1. The SMILES string of the molecule is O=C(Nc1ccccc1)c1ccccc1N=Cc1ccccc1. The molecule has 0 fully saturated rings. The Hall–Kier alpha value is -3.20. The van der Waals surface area contributed by atoms with Crippen molar-refractivity contribution in [3.05, 3.63) is 96.1 Å². The van der Waals surface area contributed by atoms with Crippen LogP contribution in [0.5, 0.6) is 0 Å². The summed E-state index contributed by atoms with van der Waals surface area (Å²) in [6, 6.07) is 26.5. The minimum absolute atomic E-state index is 0.169. The summed E-state index contributed by atoms with van der Waals surface area (Å²) in [5, 5.41) is 2.88. The second-order valence-electron chi connectivity index (χ2n) is 5.01. The molecule has 1 amide bonds. The lowest BCUT2D eigenvalue weighted by Gasteiger charge is -2.07. The summed E-state index contributed by atoms with van der Waals surface area (Å²) < 4.78 is 0. The van der Waals surface area contributed by atoms with Gasteiger partial charge in [-0.1, -0.05) is 60.7 Å². The first kappa shape index (κ1) is 14.7. The van der Waals surface area contributed by atoms with E-state index in [1.165, 1.54) is 0 Å². The van der Waals surface area contributed by atoms with Crippen molar-refractivity contribution in [1.29, 1.82) is 0 Å². The lowest BCUT2D eigenvalue weighted by molar-refractivity contribution is 0.102. The molecule has 0 heterocycles. The van der Waals surface area contributed by atoms with E-state index in [0.29, 0.717) is 11.3 Å². The number of carbonyl (C=O) groups excluding carboxylic acids is 1. The molecular formula is C20H16N2O. The molecule has 0 atom stereocenters. The fraction of sp³-hybridized carbons (Fsp3) is 0. The molecule has 1 N–H and O–H groups in total. The van der Waals surface area contributed by atoms with E-state index in [9.17, 15) is 4.79 Å². The van der Waals surface area contributed by atoms with Crippen molar-refractivity contribution in [1.82, 2.24) is 0 Å². The third-order valence-corrected chi connectivity index (χ3v) is 3.33. The number of nitrogens with zero attached hydrogens (tertiary/aromatic N) is 1. The summed E-state index contributed by atoms with van der Waals surface area (Å²) in [7, 11) is 0. The molecule has 0 aliphatic carbocycles. The second-order valence-corrected chi connectivity index (χ2v) is 5.01. The molecule has 0 saturated heterocycles. The number of hydrogen-bond donors (Lipinski definition) is 1. The van der Waals surface area contributed by atoms with E-state index in [1.807, 2.05) is 78.9 Å². The van der Waals surface area contributed by atoms with Crippen molar-refractivity contribution in [2.45, 2.75) is 0 Å². The van der Waals surface area contributed by atoms with E-state index < -0.39 is 0 Å². The Morgan fingerprint density at radius 1 is 0.783 bits per heavy atom. The van der Waals surface area contributed by atoms with Crippen LogP contribution in [0.4, 0.5) is 11.4 Å². The normalized spacial score (nSPS) is 10.6. The van der Waals surface area contributed by atoms with Crippen LogP contribution in [-0.4, -0.2) is 12.1 Å². The first-order chi connectivity index (χ1) is 11.3. The topological polar surface area (TPSA) is 41.5 Å². The molecule has 3 nitrogen and oxygen atoms in total. The Morgan fingerprint density at radius 3 is 2.13 bits per heavy atom. The number of nitrogens with one attached hydrogen (secondary N) is 1. The van der Waals surface area contributed by atoms with Crippen molar-refractivity contribution in [2.24, 2.45) is 4.99 Å². The van der Waals surface area contributed by atoms with Crippen LogP contribution in [-0.2, 0) is 0 Å². The third-order valence-electron chi connectivity index (χ3n) is 3.33. The Labute approximate surface area is 135 Å². The molecule has 3 rings (SSSR count). The lowest BCUT2D eigenvalue weighted by atomic mass is 10.1. The molecule has 23 heavy (non-hydrogen) atoms. The molecule has 3 aromatic rings. The van der Waals surface area contributed by atoms with Gasteiger partial charge in [-0.05, 0) is 29.8 Å². The van der Waals surface area contributed by atoms with Crippen molar-refractivity contribution in [3.63, 3.8) is 0 Å². The molecule has 112 valence electrons. The Balaban J connectivity index is 1.83. The number of benzene rings is 3. The van der Waals surface area contributed by atoms with Gasteiger partial charge in [0.05, 0.1) is 11.3 Å². The molecule has 0 aliphatic rings. The van der Waals surface area contributed by atoms with Gasteiger partial charge in [0, 0.05) is 11.9 Å². The van der Waals surface area contributed by atoms with Crippen LogP contribution in [0.1, 0.15) is 15.9 Å². The average molecular weight is 300 g/mol. The minimum atomic E-state index is -0.169. The van der Waals surface area contributed by atoms with Crippen LogP contribution >= 0.6 is 0 Å². The smallest absolute Gasteiger partial charge is 0.257 e. The molecule has 0 unspecified atom stereocenters. The highest BCUT2D eigenvalue weighted by Crippen LogP contribution is 2.20. The van der Waals surface area contributed by atoms with Crippen LogP contribution < -0.4 is 5.32 Å². The van der Waals surface area contributed by atoms with Gasteiger partial charge in [-0.25, -0.2) is 0 Å². The number of rotatable bonds is 4. The first-order valence-corrected chi connectivity index (χ1v) is 7.37. The van der Waals surface area contributed by atoms with Crippen LogP contribution in [0.2, 0.25) is 0 Å². The van der Waals surface area contributed by atoms with Crippen LogP contribution in [0.25, 0.3) is 0 Å². The highest BCUT2D eigenvalue weighted by Gasteiger charge is 2.10. The van der Waals surface area contributed by atoms with Gasteiger partial charge >= 0.3 is 0 Å². The maximum atomic E-state index is 12.5. The van der Waals surface area contributed by atoms with Gasteiger partial charge in [-0.2, -0.15) is 0 Å². The predicted molar refractivity (Wildman–Crippen MR) is 94.5 cm³/mol. The van der Waals surface area contributed by atoms with Gasteiger partial charge in [0.2, 0.25) is 0 Å². The summed E-state index contributed by atoms with van der Waals surface area (Å²) >= 11 is 0. The van der Waals surface area contributed by atoms with Crippen molar-refractivity contribution in [3.8, 4) is 0 Å². The van der Waals surface area contributed by atoms with E-state index in [1.54, 1.807) is 12.3 Å².